The first-order valence-corrected chi connectivity index (χ1v) is 6.73. The molecule has 2 N–H and O–H groups in total. The lowest BCUT2D eigenvalue weighted by Crippen LogP contribution is -2.10. The van der Waals surface area contributed by atoms with Gasteiger partial charge in [0, 0.05) is 10.9 Å². The number of carbonyl (C=O) groups is 1. The topological polar surface area (TPSA) is 52.3 Å². The highest BCUT2D eigenvalue weighted by atomic mass is 16.5. The van der Waals surface area contributed by atoms with Crippen LogP contribution >= 0.6 is 0 Å². The molecule has 0 atom stereocenters. The van der Waals surface area contributed by atoms with Crippen LogP contribution in [-0.4, -0.2) is 5.91 Å². The molecule has 0 saturated heterocycles. The number of ether oxygens (including phenoxy) is 1. The Morgan fingerprint density at radius 2 is 1.62 bits per heavy atom. The van der Waals surface area contributed by atoms with Gasteiger partial charge < -0.3 is 10.5 Å². The summed E-state index contributed by atoms with van der Waals surface area (Å²) in [5.41, 5.74) is 6.72. The van der Waals surface area contributed by atoms with E-state index in [2.05, 4.69) is 12.1 Å². The van der Waals surface area contributed by atoms with Gasteiger partial charge in [-0.05, 0) is 29.1 Å². The van der Waals surface area contributed by atoms with Crippen molar-refractivity contribution in [2.75, 3.05) is 0 Å². The molecule has 0 aliphatic heterocycles. The molecule has 3 aromatic rings. The van der Waals surface area contributed by atoms with Gasteiger partial charge in [-0.2, -0.15) is 0 Å². The molecule has 21 heavy (non-hydrogen) atoms. The predicted molar refractivity (Wildman–Crippen MR) is 83.2 cm³/mol. The smallest absolute Gasteiger partial charge is 0.248 e. The second-order valence-electron chi connectivity index (χ2n) is 4.83. The van der Waals surface area contributed by atoms with Gasteiger partial charge in [-0.1, -0.05) is 48.5 Å². The minimum Gasteiger partial charge on any atom is -0.488 e. The number of hydrogen-bond acceptors (Lipinski definition) is 2. The van der Waals surface area contributed by atoms with Crippen LogP contribution in [0, 0.1) is 0 Å². The molecule has 0 fully saturated rings. The van der Waals surface area contributed by atoms with E-state index >= 15 is 0 Å². The molecule has 1 amide bonds. The van der Waals surface area contributed by atoms with Crippen molar-refractivity contribution < 1.29 is 9.53 Å². The quantitative estimate of drug-likeness (QED) is 0.793. The Morgan fingerprint density at radius 1 is 0.905 bits per heavy atom. The number of fused-ring (bicyclic) bond motifs is 1. The molecule has 0 radical (unpaired) electrons. The number of hydrogen-bond donors (Lipinski definition) is 1. The maximum Gasteiger partial charge on any atom is 0.248 e. The van der Waals surface area contributed by atoms with Crippen molar-refractivity contribution in [3.63, 3.8) is 0 Å². The molecule has 3 nitrogen and oxygen atoms in total. The average Bonchev–Trinajstić information content (AvgIpc) is 2.53. The monoisotopic (exact) mass is 277 g/mol. The Kier molecular flexibility index (Phi) is 3.56. The number of primary amides is 1. The zero-order valence-corrected chi connectivity index (χ0v) is 11.5. The van der Waals surface area contributed by atoms with Crippen molar-refractivity contribution >= 4 is 16.7 Å². The van der Waals surface area contributed by atoms with Crippen molar-refractivity contribution in [2.24, 2.45) is 5.73 Å². The lowest BCUT2D eigenvalue weighted by atomic mass is 10.1. The van der Waals surface area contributed by atoms with E-state index in [4.69, 9.17) is 10.5 Å². The molecule has 0 heterocycles. The summed E-state index contributed by atoms with van der Waals surface area (Å²) in [4.78, 5) is 11.0. The molecule has 0 aliphatic carbocycles. The van der Waals surface area contributed by atoms with Crippen molar-refractivity contribution in [3.8, 4) is 5.75 Å². The van der Waals surface area contributed by atoms with Gasteiger partial charge in [-0.25, -0.2) is 0 Å². The van der Waals surface area contributed by atoms with Crippen molar-refractivity contribution in [1.29, 1.82) is 0 Å². The Labute approximate surface area is 123 Å². The van der Waals surface area contributed by atoms with E-state index < -0.39 is 5.91 Å². The third-order valence-electron chi connectivity index (χ3n) is 3.38. The van der Waals surface area contributed by atoms with Gasteiger partial charge >= 0.3 is 0 Å². The Morgan fingerprint density at radius 3 is 2.38 bits per heavy atom. The highest BCUT2D eigenvalue weighted by Gasteiger charge is 2.03. The first kappa shape index (κ1) is 13.2. The largest absolute Gasteiger partial charge is 0.488 e. The average molecular weight is 277 g/mol. The van der Waals surface area contributed by atoms with E-state index in [1.54, 1.807) is 12.1 Å². The van der Waals surface area contributed by atoms with Gasteiger partial charge in [0.25, 0.3) is 0 Å². The van der Waals surface area contributed by atoms with Crippen molar-refractivity contribution in [1.82, 2.24) is 0 Å². The van der Waals surface area contributed by atoms with Crippen LogP contribution in [0.15, 0.2) is 66.7 Å². The van der Waals surface area contributed by atoms with Crippen LogP contribution in [0.2, 0.25) is 0 Å². The van der Waals surface area contributed by atoms with Crippen LogP contribution in [0.4, 0.5) is 0 Å². The fraction of sp³-hybridized carbons (Fsp3) is 0.0556. The molecular formula is C18H15NO2. The standard InChI is InChI=1S/C18H15NO2/c19-18(20)15-10-8-13(9-11-15)12-21-17-7-3-5-14-4-1-2-6-16(14)17/h1-11H,12H2,(H2,19,20). The number of benzene rings is 3. The van der Waals surface area contributed by atoms with E-state index in [1.165, 1.54) is 0 Å². The molecule has 3 rings (SSSR count). The molecule has 3 aromatic carbocycles. The van der Waals surface area contributed by atoms with Crippen LogP contribution in [-0.2, 0) is 6.61 Å². The molecule has 0 saturated carbocycles. The predicted octanol–water partition coefficient (Wildman–Crippen LogP) is 3.52. The Hall–Kier alpha value is -2.81. The summed E-state index contributed by atoms with van der Waals surface area (Å²) in [7, 11) is 0. The van der Waals surface area contributed by atoms with Crippen LogP contribution in [0.1, 0.15) is 15.9 Å². The molecule has 0 aliphatic rings. The maximum absolute atomic E-state index is 11.0. The molecule has 0 bridgehead atoms. The third kappa shape index (κ3) is 2.87. The first-order valence-electron chi connectivity index (χ1n) is 6.73. The van der Waals surface area contributed by atoms with Crippen molar-refractivity contribution in [3.05, 3.63) is 77.9 Å². The number of rotatable bonds is 4. The highest BCUT2D eigenvalue weighted by Crippen LogP contribution is 2.25. The van der Waals surface area contributed by atoms with E-state index in [1.807, 2.05) is 42.5 Å². The Bertz CT molecular complexity index is 773. The summed E-state index contributed by atoms with van der Waals surface area (Å²) in [6.45, 7) is 0.451. The summed E-state index contributed by atoms with van der Waals surface area (Å²) in [5, 5.41) is 2.24. The fourth-order valence-corrected chi connectivity index (χ4v) is 2.25. The second-order valence-corrected chi connectivity index (χ2v) is 4.83. The summed E-state index contributed by atoms with van der Waals surface area (Å²) < 4.78 is 5.89. The molecule has 104 valence electrons. The summed E-state index contributed by atoms with van der Waals surface area (Å²) >= 11 is 0. The van der Waals surface area contributed by atoms with E-state index in [0.717, 1.165) is 22.1 Å². The van der Waals surface area contributed by atoms with E-state index in [0.29, 0.717) is 12.2 Å². The van der Waals surface area contributed by atoms with Crippen molar-refractivity contribution in [2.45, 2.75) is 6.61 Å². The van der Waals surface area contributed by atoms with Crippen LogP contribution in [0.25, 0.3) is 10.8 Å². The molecule has 0 unspecified atom stereocenters. The van der Waals surface area contributed by atoms with Crippen LogP contribution in [0.5, 0.6) is 5.75 Å². The first-order chi connectivity index (χ1) is 10.2. The zero-order valence-electron chi connectivity index (χ0n) is 11.5. The summed E-state index contributed by atoms with van der Waals surface area (Å²) in [6.07, 6.45) is 0. The Balaban J connectivity index is 1.79. The molecule has 0 spiro atoms. The minimum atomic E-state index is -0.420. The number of nitrogens with two attached hydrogens (primary N) is 1. The van der Waals surface area contributed by atoms with Crippen LogP contribution in [0.3, 0.4) is 0 Å². The summed E-state index contributed by atoms with van der Waals surface area (Å²) in [5.74, 6) is 0.434. The zero-order chi connectivity index (χ0) is 14.7. The van der Waals surface area contributed by atoms with Gasteiger partial charge in [0.15, 0.2) is 0 Å². The lowest BCUT2D eigenvalue weighted by Gasteiger charge is -2.09. The van der Waals surface area contributed by atoms with Gasteiger partial charge in [-0.15, -0.1) is 0 Å². The molecule has 0 aromatic heterocycles. The normalized spacial score (nSPS) is 10.5. The van der Waals surface area contributed by atoms with Crippen LogP contribution < -0.4 is 10.5 Å². The second kappa shape index (κ2) is 5.67. The number of carbonyl (C=O) groups excluding carboxylic acids is 1. The third-order valence-corrected chi connectivity index (χ3v) is 3.38. The molecular weight excluding hydrogens is 262 g/mol. The highest BCUT2D eigenvalue weighted by molar-refractivity contribution is 5.92. The molecule has 3 heteroatoms. The van der Waals surface area contributed by atoms with E-state index in [9.17, 15) is 4.79 Å². The van der Waals surface area contributed by atoms with Gasteiger partial charge in [0.05, 0.1) is 0 Å². The van der Waals surface area contributed by atoms with Gasteiger partial charge in [0.2, 0.25) is 5.91 Å². The fourth-order valence-electron chi connectivity index (χ4n) is 2.25. The lowest BCUT2D eigenvalue weighted by molar-refractivity contribution is 0.1000. The minimum absolute atomic E-state index is 0.420. The number of amides is 1. The maximum atomic E-state index is 11.0. The van der Waals surface area contributed by atoms with Gasteiger partial charge in [-0.3, -0.25) is 4.79 Å². The summed E-state index contributed by atoms with van der Waals surface area (Å²) in [6, 6.07) is 21.2. The van der Waals surface area contributed by atoms with Gasteiger partial charge in [0.1, 0.15) is 12.4 Å². The van der Waals surface area contributed by atoms with E-state index in [-0.39, 0.29) is 0 Å². The SMILES string of the molecule is NC(=O)c1ccc(COc2cccc3ccccc23)cc1.